The summed E-state index contributed by atoms with van der Waals surface area (Å²) in [5.74, 6) is -2.80. The standard InChI is InChI=1S/C20H20N4O5S3/c21-19(28)24-16(26)13-12(10-5-4-8-30-10)15-18(31-14(13)17(24)27)23(20(29)32-15)9-11(25)22-6-2-1-3-7-22/h4-5,8,12-14H,1-3,6-7,9H2,(H2,21,28)/t12-,13+,14-/m0/s1. The number of likely N-dealkylation sites (tertiary alicyclic amines) is 2. The molecule has 5 amide bonds. The van der Waals surface area contributed by atoms with Crippen molar-refractivity contribution in [3.8, 4) is 0 Å². The molecule has 2 aromatic heterocycles. The quantitative estimate of drug-likeness (QED) is 0.650. The first kappa shape index (κ1) is 21.4. The largest absolute Gasteiger partial charge is 0.351 e. The van der Waals surface area contributed by atoms with Gasteiger partial charge in [-0.05, 0) is 30.7 Å². The van der Waals surface area contributed by atoms with Crippen molar-refractivity contribution in [3.05, 3.63) is 36.9 Å². The fraction of sp³-hybridized carbons (Fsp3) is 0.450. The van der Waals surface area contributed by atoms with Gasteiger partial charge in [0, 0.05) is 28.8 Å². The van der Waals surface area contributed by atoms with E-state index >= 15 is 0 Å². The number of imide groups is 3. The third-order valence-corrected chi connectivity index (χ3v) is 9.68. The van der Waals surface area contributed by atoms with Crippen LogP contribution >= 0.6 is 34.4 Å². The van der Waals surface area contributed by atoms with Crippen LogP contribution in [0.4, 0.5) is 4.79 Å². The summed E-state index contributed by atoms with van der Waals surface area (Å²) in [6, 6.07) is 2.59. The monoisotopic (exact) mass is 492 g/mol. The number of piperidine rings is 1. The van der Waals surface area contributed by atoms with Crippen LogP contribution in [0.1, 0.15) is 34.9 Å². The maximum absolute atomic E-state index is 13.0. The number of carbonyl (C=O) groups is 4. The van der Waals surface area contributed by atoms with E-state index in [2.05, 4.69) is 0 Å². The van der Waals surface area contributed by atoms with E-state index < -0.39 is 34.9 Å². The van der Waals surface area contributed by atoms with E-state index in [1.807, 2.05) is 17.5 Å². The Morgan fingerprint density at radius 3 is 2.50 bits per heavy atom. The molecule has 0 bridgehead atoms. The lowest BCUT2D eigenvalue weighted by molar-refractivity contribution is -0.136. The van der Waals surface area contributed by atoms with Crippen LogP contribution in [0.3, 0.4) is 0 Å². The highest BCUT2D eigenvalue weighted by atomic mass is 32.2. The van der Waals surface area contributed by atoms with Gasteiger partial charge in [0.05, 0.1) is 10.9 Å². The number of fused-ring (bicyclic) bond motifs is 2. The second-order valence-corrected chi connectivity index (χ2v) is 11.1. The molecule has 5 rings (SSSR count). The smallest absolute Gasteiger partial charge is 0.328 e. The molecule has 3 aliphatic rings. The van der Waals surface area contributed by atoms with Crippen molar-refractivity contribution in [2.45, 2.75) is 42.0 Å². The molecule has 2 saturated heterocycles. The third kappa shape index (κ3) is 3.32. The molecule has 0 spiro atoms. The van der Waals surface area contributed by atoms with Crippen LogP contribution in [-0.4, -0.2) is 56.5 Å². The van der Waals surface area contributed by atoms with E-state index in [-0.39, 0.29) is 17.3 Å². The molecule has 0 aliphatic carbocycles. The maximum Gasteiger partial charge on any atom is 0.328 e. The summed E-state index contributed by atoms with van der Waals surface area (Å²) in [4.78, 5) is 67.1. The Bertz CT molecular complexity index is 1160. The Hall–Kier alpha value is -2.44. The fourth-order valence-electron chi connectivity index (χ4n) is 4.63. The van der Waals surface area contributed by atoms with Crippen molar-refractivity contribution >= 4 is 58.2 Å². The third-order valence-electron chi connectivity index (χ3n) is 6.12. The van der Waals surface area contributed by atoms with Crippen molar-refractivity contribution in [1.82, 2.24) is 14.4 Å². The second-order valence-electron chi connectivity index (χ2n) is 7.97. The molecule has 0 unspecified atom stereocenters. The topological polar surface area (TPSA) is 123 Å². The molecule has 0 saturated carbocycles. The van der Waals surface area contributed by atoms with E-state index in [0.29, 0.717) is 27.9 Å². The molecule has 168 valence electrons. The molecule has 2 fully saturated rings. The van der Waals surface area contributed by atoms with Gasteiger partial charge >= 0.3 is 10.9 Å². The first-order valence-corrected chi connectivity index (χ1v) is 12.8. The Morgan fingerprint density at radius 2 is 1.84 bits per heavy atom. The van der Waals surface area contributed by atoms with E-state index in [1.54, 1.807) is 4.90 Å². The molecule has 9 nitrogen and oxygen atoms in total. The number of nitrogens with two attached hydrogens (primary N) is 1. The molecule has 0 radical (unpaired) electrons. The lowest BCUT2D eigenvalue weighted by atomic mass is 9.87. The highest BCUT2D eigenvalue weighted by Gasteiger charge is 2.58. The molecule has 3 aliphatic heterocycles. The van der Waals surface area contributed by atoms with Crippen LogP contribution in [0.15, 0.2) is 27.3 Å². The van der Waals surface area contributed by atoms with Crippen molar-refractivity contribution in [3.63, 3.8) is 0 Å². The first-order valence-electron chi connectivity index (χ1n) is 10.3. The van der Waals surface area contributed by atoms with Gasteiger partial charge in [-0.3, -0.25) is 23.7 Å². The van der Waals surface area contributed by atoms with Gasteiger partial charge in [-0.1, -0.05) is 29.2 Å². The summed E-state index contributed by atoms with van der Waals surface area (Å²) in [5, 5.41) is 1.51. The number of nitrogens with zero attached hydrogens (tertiary/aromatic N) is 3. The predicted molar refractivity (Wildman–Crippen MR) is 120 cm³/mol. The van der Waals surface area contributed by atoms with Gasteiger partial charge < -0.3 is 10.6 Å². The van der Waals surface area contributed by atoms with Crippen molar-refractivity contribution in [2.24, 2.45) is 11.7 Å². The molecule has 5 heterocycles. The Morgan fingerprint density at radius 1 is 1.09 bits per heavy atom. The average molecular weight is 493 g/mol. The molecule has 0 aromatic carbocycles. The number of thiazole rings is 1. The summed E-state index contributed by atoms with van der Waals surface area (Å²) in [6.45, 7) is 1.25. The second kappa shape index (κ2) is 8.16. The van der Waals surface area contributed by atoms with Crippen molar-refractivity contribution in [1.29, 1.82) is 0 Å². The van der Waals surface area contributed by atoms with E-state index in [4.69, 9.17) is 5.73 Å². The average Bonchev–Trinajstić information content (AvgIpc) is 3.46. The zero-order valence-electron chi connectivity index (χ0n) is 16.9. The van der Waals surface area contributed by atoms with Gasteiger partial charge in [-0.25, -0.2) is 4.79 Å². The lowest BCUT2D eigenvalue weighted by Crippen LogP contribution is -2.41. The number of hydrogen-bond acceptors (Lipinski definition) is 8. The number of carbonyl (C=O) groups excluding carboxylic acids is 4. The summed E-state index contributed by atoms with van der Waals surface area (Å²) in [6.07, 6.45) is 2.98. The highest BCUT2D eigenvalue weighted by Crippen LogP contribution is 2.53. The van der Waals surface area contributed by atoms with Gasteiger partial charge in [-0.15, -0.1) is 11.3 Å². The SMILES string of the molecule is NC(=O)N1C(=O)[C@@H]2[C@H](c3cccs3)c3sc(=O)n(CC(=O)N4CCCCC4)c3S[C@@H]2C1=O. The number of thioether (sulfide) groups is 1. The molecule has 3 atom stereocenters. The molecular weight excluding hydrogens is 472 g/mol. The Balaban J connectivity index is 1.57. The molecular formula is C20H20N4O5S3. The summed E-state index contributed by atoms with van der Waals surface area (Å²) < 4.78 is 1.42. The van der Waals surface area contributed by atoms with Gasteiger partial charge in [-0.2, -0.15) is 4.90 Å². The van der Waals surface area contributed by atoms with Crippen LogP contribution < -0.4 is 10.6 Å². The van der Waals surface area contributed by atoms with Gasteiger partial charge in [0.2, 0.25) is 11.8 Å². The van der Waals surface area contributed by atoms with Gasteiger partial charge in [0.1, 0.15) is 11.8 Å². The number of aromatic nitrogens is 1. The fourth-order valence-corrected chi connectivity index (χ4v) is 8.35. The van der Waals surface area contributed by atoms with Gasteiger partial charge in [0.15, 0.2) is 0 Å². The van der Waals surface area contributed by atoms with Crippen molar-refractivity contribution < 1.29 is 19.2 Å². The lowest BCUT2D eigenvalue weighted by Gasteiger charge is -2.30. The van der Waals surface area contributed by atoms with E-state index in [0.717, 1.165) is 47.2 Å². The minimum absolute atomic E-state index is 0.103. The minimum atomic E-state index is -1.10. The minimum Gasteiger partial charge on any atom is -0.351 e. The van der Waals surface area contributed by atoms with Crippen LogP contribution in [0.25, 0.3) is 0 Å². The van der Waals surface area contributed by atoms with Gasteiger partial charge in [0.25, 0.3) is 5.91 Å². The van der Waals surface area contributed by atoms with Crippen LogP contribution in [0.2, 0.25) is 0 Å². The summed E-state index contributed by atoms with van der Waals surface area (Å²) >= 11 is 3.50. The number of thiophene rings is 1. The number of urea groups is 1. The van der Waals surface area contributed by atoms with Crippen LogP contribution in [0.5, 0.6) is 0 Å². The first-order chi connectivity index (χ1) is 15.4. The molecule has 32 heavy (non-hydrogen) atoms. The molecule has 2 aromatic rings. The zero-order chi connectivity index (χ0) is 22.6. The molecule has 12 heteroatoms. The summed E-state index contributed by atoms with van der Waals surface area (Å²) in [7, 11) is 0. The predicted octanol–water partition coefficient (Wildman–Crippen LogP) is 1.65. The van der Waals surface area contributed by atoms with Crippen molar-refractivity contribution in [2.75, 3.05) is 13.1 Å². The molecule has 2 N–H and O–H groups in total. The Labute approximate surface area is 195 Å². The van der Waals surface area contributed by atoms with E-state index in [1.165, 1.54) is 15.9 Å². The number of hydrogen-bond donors (Lipinski definition) is 1. The maximum atomic E-state index is 13.0. The highest BCUT2D eigenvalue weighted by molar-refractivity contribution is 8.00. The summed E-state index contributed by atoms with van der Waals surface area (Å²) in [5.41, 5.74) is 5.32. The number of primary amides is 1. The van der Waals surface area contributed by atoms with E-state index in [9.17, 15) is 24.0 Å². The van der Waals surface area contributed by atoms with Crippen LogP contribution in [0, 0.1) is 5.92 Å². The number of rotatable bonds is 3. The zero-order valence-corrected chi connectivity index (χ0v) is 19.3. The number of amides is 5. The normalized spacial score (nSPS) is 25.1. The van der Waals surface area contributed by atoms with Crippen LogP contribution in [-0.2, 0) is 20.9 Å². The Kier molecular flexibility index (Phi) is 5.46.